The molecule has 2 aromatic rings. The normalized spacial score (nSPS) is 25.3. The van der Waals surface area contributed by atoms with Gasteiger partial charge < -0.3 is 0 Å². The SMILES string of the molecule is CC1=Cc2c(ccc3c2CC(C)(C)C3)C1[Si](C)(C)[Si](C)(C)C1C(C)=Cc2c1ccc1c2CC(C)(C)C1. The number of hydrogen-bond acceptors (Lipinski definition) is 0. The van der Waals surface area contributed by atoms with Gasteiger partial charge in [0.1, 0.15) is 0 Å². The maximum absolute atomic E-state index is 2.76. The van der Waals surface area contributed by atoms with Gasteiger partial charge in [0.05, 0.1) is 15.2 Å². The van der Waals surface area contributed by atoms with Crippen LogP contribution in [-0.4, -0.2) is 15.2 Å². The Bertz CT molecular complexity index is 1260. The number of allylic oxidation sites excluding steroid dienone is 2. The third-order valence-corrected chi connectivity index (χ3v) is 30.4. The Morgan fingerprint density at radius 2 is 0.944 bits per heavy atom. The van der Waals surface area contributed by atoms with E-state index in [0.717, 1.165) is 0 Å². The number of benzene rings is 2. The summed E-state index contributed by atoms with van der Waals surface area (Å²) < 4.78 is 0. The zero-order valence-electron chi connectivity index (χ0n) is 24.4. The van der Waals surface area contributed by atoms with E-state index >= 15 is 0 Å². The molecule has 0 saturated heterocycles. The van der Waals surface area contributed by atoms with E-state index in [1.54, 1.807) is 55.7 Å². The van der Waals surface area contributed by atoms with Gasteiger partial charge in [0.25, 0.3) is 0 Å². The zero-order valence-corrected chi connectivity index (χ0v) is 26.4. The van der Waals surface area contributed by atoms with Crippen molar-refractivity contribution in [2.24, 2.45) is 10.8 Å². The third-order valence-electron chi connectivity index (χ3n) is 11.0. The van der Waals surface area contributed by atoms with Gasteiger partial charge in [-0.15, -0.1) is 0 Å². The highest BCUT2D eigenvalue weighted by molar-refractivity contribution is 7.42. The molecule has 0 saturated carbocycles. The first-order valence-electron chi connectivity index (χ1n) is 14.3. The van der Waals surface area contributed by atoms with Crippen molar-refractivity contribution in [3.8, 4) is 0 Å². The summed E-state index contributed by atoms with van der Waals surface area (Å²) in [6.07, 6.45) is 10.2. The maximum atomic E-state index is 2.76. The number of hydrogen-bond donors (Lipinski definition) is 0. The van der Waals surface area contributed by atoms with Crippen LogP contribution in [0.1, 0.15) is 97.1 Å². The van der Waals surface area contributed by atoms with Crippen molar-refractivity contribution in [1.82, 2.24) is 0 Å². The first-order chi connectivity index (χ1) is 16.6. The fraction of sp³-hybridized carbons (Fsp3) is 0.529. The standard InChI is InChI=1S/C34H46Si2/c1-21-15-27-25(13-11-23-17-33(3,4)19-29(23)27)31(21)35(7,8)36(9,10)32-22(2)16-28-26(32)14-12-24-18-34(5,6)20-30(24)28/h11-16,31-32H,17-20H2,1-10H3. The van der Waals surface area contributed by atoms with E-state index in [-0.39, 0.29) is 0 Å². The molecule has 4 aliphatic carbocycles. The average Bonchev–Trinajstić information content (AvgIpc) is 3.44. The monoisotopic (exact) mass is 510 g/mol. The number of fused-ring (bicyclic) bond motifs is 6. The fourth-order valence-corrected chi connectivity index (χ4v) is 21.7. The fourth-order valence-electron chi connectivity index (χ4n) is 8.93. The van der Waals surface area contributed by atoms with Gasteiger partial charge in [-0.1, -0.05) is 101 Å². The van der Waals surface area contributed by atoms with Gasteiger partial charge >= 0.3 is 0 Å². The summed E-state index contributed by atoms with van der Waals surface area (Å²) in [7, 11) is -3.36. The number of rotatable bonds is 3. The lowest BCUT2D eigenvalue weighted by Gasteiger charge is -2.48. The van der Waals surface area contributed by atoms with E-state index in [4.69, 9.17) is 0 Å². The molecule has 0 amide bonds. The molecule has 0 heterocycles. The second-order valence-electron chi connectivity index (χ2n) is 15.5. The average molecular weight is 511 g/mol. The Hall–Kier alpha value is -1.65. The van der Waals surface area contributed by atoms with Crippen molar-refractivity contribution in [1.29, 1.82) is 0 Å². The quantitative estimate of drug-likeness (QED) is 0.361. The van der Waals surface area contributed by atoms with E-state index in [9.17, 15) is 0 Å². The summed E-state index contributed by atoms with van der Waals surface area (Å²) >= 11 is 0. The Balaban J connectivity index is 1.42. The van der Waals surface area contributed by atoms with Gasteiger partial charge in [-0.25, -0.2) is 0 Å². The Morgan fingerprint density at radius 1 is 0.583 bits per heavy atom. The van der Waals surface area contributed by atoms with Crippen LogP contribution in [0.4, 0.5) is 0 Å². The molecule has 0 fully saturated rings. The minimum Gasteiger partial charge on any atom is -0.0705 e. The van der Waals surface area contributed by atoms with Crippen molar-refractivity contribution in [2.45, 2.75) is 104 Å². The molecule has 190 valence electrons. The molecular weight excluding hydrogens is 465 g/mol. The van der Waals surface area contributed by atoms with Crippen molar-refractivity contribution in [3.63, 3.8) is 0 Å². The molecule has 0 aromatic heterocycles. The Morgan fingerprint density at radius 3 is 1.31 bits per heavy atom. The van der Waals surface area contributed by atoms with Crippen molar-refractivity contribution in [2.75, 3.05) is 0 Å². The van der Waals surface area contributed by atoms with Gasteiger partial charge in [0.2, 0.25) is 0 Å². The van der Waals surface area contributed by atoms with E-state index in [1.807, 2.05) is 0 Å². The molecule has 2 unspecified atom stereocenters. The van der Waals surface area contributed by atoms with Gasteiger partial charge in [-0.3, -0.25) is 0 Å². The van der Waals surface area contributed by atoms with Crippen molar-refractivity contribution >= 4 is 27.3 Å². The maximum Gasteiger partial charge on any atom is 0.0551 e. The van der Waals surface area contributed by atoms with Gasteiger partial charge in [0, 0.05) is 0 Å². The van der Waals surface area contributed by atoms with Crippen LogP contribution in [0, 0.1) is 10.8 Å². The molecule has 0 bridgehead atoms. The Labute approximate surface area is 222 Å². The highest BCUT2D eigenvalue weighted by atomic mass is 29.3. The lowest BCUT2D eigenvalue weighted by molar-refractivity contribution is 0.392. The van der Waals surface area contributed by atoms with E-state index < -0.39 is 15.2 Å². The van der Waals surface area contributed by atoms with Crippen molar-refractivity contribution in [3.05, 3.63) is 79.9 Å². The first kappa shape index (κ1) is 24.7. The molecule has 4 aliphatic rings. The molecule has 2 atom stereocenters. The molecule has 2 heteroatoms. The minimum atomic E-state index is -1.68. The van der Waals surface area contributed by atoms with Crippen LogP contribution in [0.5, 0.6) is 0 Å². The van der Waals surface area contributed by atoms with Crippen molar-refractivity contribution < 1.29 is 0 Å². The molecular formula is C34H46Si2. The molecule has 0 radical (unpaired) electrons. The molecule has 0 nitrogen and oxygen atoms in total. The summed E-state index contributed by atoms with van der Waals surface area (Å²) in [6.45, 7) is 25.7. The van der Waals surface area contributed by atoms with E-state index in [2.05, 4.69) is 104 Å². The topological polar surface area (TPSA) is 0 Å². The van der Waals surface area contributed by atoms with Crippen LogP contribution in [0.2, 0.25) is 26.2 Å². The largest absolute Gasteiger partial charge is 0.0705 e. The molecule has 0 N–H and O–H groups in total. The second kappa shape index (κ2) is 7.47. The van der Waals surface area contributed by atoms with E-state index in [1.165, 1.54) is 25.7 Å². The van der Waals surface area contributed by atoms with Crippen LogP contribution in [0.25, 0.3) is 12.2 Å². The van der Waals surface area contributed by atoms with Crippen LogP contribution in [0.15, 0.2) is 35.4 Å². The van der Waals surface area contributed by atoms with Crippen LogP contribution < -0.4 is 0 Å². The van der Waals surface area contributed by atoms with Gasteiger partial charge in [-0.05, 0) is 106 Å². The smallest absolute Gasteiger partial charge is 0.0551 e. The first-order valence-corrected chi connectivity index (χ1v) is 21.4. The van der Waals surface area contributed by atoms with Crippen LogP contribution in [0.3, 0.4) is 0 Å². The molecule has 0 aliphatic heterocycles. The van der Waals surface area contributed by atoms with Crippen LogP contribution >= 0.6 is 0 Å². The van der Waals surface area contributed by atoms with Gasteiger partial charge in [0.15, 0.2) is 0 Å². The predicted molar refractivity (Wildman–Crippen MR) is 163 cm³/mol. The highest BCUT2D eigenvalue weighted by Crippen LogP contribution is 2.55. The summed E-state index contributed by atoms with van der Waals surface area (Å²) in [5, 5.41) is 0. The predicted octanol–water partition coefficient (Wildman–Crippen LogP) is 9.21. The van der Waals surface area contributed by atoms with Gasteiger partial charge in [-0.2, -0.15) is 0 Å². The summed E-state index contributed by atoms with van der Waals surface area (Å²) in [5.74, 6) is 0. The highest BCUT2D eigenvalue weighted by Gasteiger charge is 2.55. The lowest BCUT2D eigenvalue weighted by atomic mass is 9.90. The van der Waals surface area contributed by atoms with Crippen LogP contribution in [-0.2, 0) is 25.7 Å². The lowest BCUT2D eigenvalue weighted by Crippen LogP contribution is -2.62. The minimum absolute atomic E-state index is 0.405. The zero-order chi connectivity index (χ0) is 26.0. The van der Waals surface area contributed by atoms with E-state index in [0.29, 0.717) is 21.9 Å². The Kier molecular flexibility index (Phi) is 5.12. The third kappa shape index (κ3) is 3.36. The second-order valence-corrected chi connectivity index (χ2v) is 31.3. The summed E-state index contributed by atoms with van der Waals surface area (Å²) in [5.41, 5.74) is 18.6. The summed E-state index contributed by atoms with van der Waals surface area (Å²) in [4.78, 5) is 0. The molecule has 0 spiro atoms. The summed E-state index contributed by atoms with van der Waals surface area (Å²) in [6, 6.07) is 10.1. The molecule has 2 aromatic carbocycles. The molecule has 6 rings (SSSR count). The molecule has 36 heavy (non-hydrogen) atoms.